The van der Waals surface area contributed by atoms with E-state index in [1.165, 1.54) is 6.07 Å². The van der Waals surface area contributed by atoms with Crippen LogP contribution in [0.4, 0.5) is 4.39 Å². The minimum Gasteiger partial charge on any atom is -0.351 e. The number of aromatic amines is 1. The smallest absolute Gasteiger partial charge is 0.141 e. The second kappa shape index (κ2) is 4.63. The van der Waals surface area contributed by atoms with E-state index in [9.17, 15) is 4.39 Å². The lowest BCUT2D eigenvalue weighted by Gasteiger charge is -2.10. The van der Waals surface area contributed by atoms with Gasteiger partial charge < -0.3 is 10.7 Å². The fourth-order valence-electron chi connectivity index (χ4n) is 1.49. The molecule has 1 heterocycles. The summed E-state index contributed by atoms with van der Waals surface area (Å²) in [6, 6.07) is 4.27. The Bertz CT molecular complexity index is 470. The summed E-state index contributed by atoms with van der Waals surface area (Å²) in [7, 11) is 0. The molecule has 0 bridgehead atoms. The fourth-order valence-corrected chi connectivity index (χ4v) is 1.68. The highest BCUT2D eigenvalue weighted by Crippen LogP contribution is 2.21. The van der Waals surface area contributed by atoms with Crippen molar-refractivity contribution in [2.24, 2.45) is 5.73 Å². The number of halogens is 2. The van der Waals surface area contributed by atoms with Crippen LogP contribution in [0.25, 0.3) is 0 Å². The normalized spacial score (nSPS) is 12.7. The van der Waals surface area contributed by atoms with Gasteiger partial charge in [-0.15, -0.1) is 0 Å². The van der Waals surface area contributed by atoms with E-state index < -0.39 is 5.82 Å². The second-order valence-electron chi connectivity index (χ2n) is 3.54. The molecule has 16 heavy (non-hydrogen) atoms. The van der Waals surface area contributed by atoms with Crippen LogP contribution in [0.15, 0.2) is 30.7 Å². The zero-order valence-electron chi connectivity index (χ0n) is 8.45. The number of nitrogens with zero attached hydrogens (tertiary/aromatic N) is 1. The first kappa shape index (κ1) is 11.1. The Hall–Kier alpha value is -1.39. The van der Waals surface area contributed by atoms with E-state index in [0.717, 1.165) is 11.3 Å². The van der Waals surface area contributed by atoms with Crippen molar-refractivity contribution in [3.05, 3.63) is 52.8 Å². The first-order valence-corrected chi connectivity index (χ1v) is 5.23. The lowest BCUT2D eigenvalue weighted by molar-refractivity contribution is 0.624. The number of nitrogens with two attached hydrogens (primary N) is 1. The highest BCUT2D eigenvalue weighted by atomic mass is 35.5. The van der Waals surface area contributed by atoms with Crippen LogP contribution in [-0.2, 0) is 6.42 Å². The molecule has 2 aromatic rings. The number of nitrogens with one attached hydrogen (secondary N) is 1. The molecule has 2 rings (SSSR count). The zero-order chi connectivity index (χ0) is 11.5. The number of imidazole rings is 1. The number of hydrogen-bond donors (Lipinski definition) is 2. The molecule has 0 spiro atoms. The maximum Gasteiger partial charge on any atom is 0.141 e. The third-order valence-electron chi connectivity index (χ3n) is 2.36. The van der Waals surface area contributed by atoms with E-state index in [-0.39, 0.29) is 11.1 Å². The van der Waals surface area contributed by atoms with Gasteiger partial charge in [-0.05, 0) is 17.7 Å². The van der Waals surface area contributed by atoms with Gasteiger partial charge in [0.05, 0.1) is 17.0 Å². The van der Waals surface area contributed by atoms with E-state index in [2.05, 4.69) is 9.97 Å². The third-order valence-corrected chi connectivity index (χ3v) is 2.65. The molecule has 0 aliphatic carbocycles. The van der Waals surface area contributed by atoms with Crippen LogP contribution in [0.2, 0.25) is 5.02 Å². The average molecular weight is 240 g/mol. The van der Waals surface area contributed by atoms with E-state index >= 15 is 0 Å². The molecule has 0 amide bonds. The summed E-state index contributed by atoms with van der Waals surface area (Å²) in [5.41, 5.74) is 7.64. The van der Waals surface area contributed by atoms with Gasteiger partial charge in [-0.1, -0.05) is 17.7 Å². The van der Waals surface area contributed by atoms with Crippen molar-refractivity contribution in [2.45, 2.75) is 12.5 Å². The van der Waals surface area contributed by atoms with Gasteiger partial charge in [0.1, 0.15) is 5.82 Å². The molecule has 0 fully saturated rings. The van der Waals surface area contributed by atoms with Gasteiger partial charge in [0.15, 0.2) is 0 Å². The monoisotopic (exact) mass is 239 g/mol. The lowest BCUT2D eigenvalue weighted by Crippen LogP contribution is -2.13. The molecule has 84 valence electrons. The van der Waals surface area contributed by atoms with Gasteiger partial charge in [0.2, 0.25) is 0 Å². The van der Waals surface area contributed by atoms with Gasteiger partial charge in [0.25, 0.3) is 0 Å². The Balaban J connectivity index is 2.14. The van der Waals surface area contributed by atoms with E-state index in [0.29, 0.717) is 6.42 Å². The van der Waals surface area contributed by atoms with Crippen LogP contribution >= 0.6 is 11.6 Å². The Morgan fingerprint density at radius 2 is 2.31 bits per heavy atom. The van der Waals surface area contributed by atoms with Crippen LogP contribution in [0.5, 0.6) is 0 Å². The topological polar surface area (TPSA) is 54.7 Å². The number of benzene rings is 1. The van der Waals surface area contributed by atoms with Crippen molar-refractivity contribution in [2.75, 3.05) is 0 Å². The zero-order valence-corrected chi connectivity index (χ0v) is 9.21. The van der Waals surface area contributed by atoms with Gasteiger partial charge >= 0.3 is 0 Å². The Morgan fingerprint density at radius 3 is 2.94 bits per heavy atom. The molecule has 1 aromatic carbocycles. The summed E-state index contributed by atoms with van der Waals surface area (Å²) in [6.07, 6.45) is 3.97. The minimum atomic E-state index is -0.433. The maximum atomic E-state index is 12.9. The van der Waals surface area contributed by atoms with E-state index in [4.69, 9.17) is 17.3 Å². The Kier molecular flexibility index (Phi) is 3.22. The van der Waals surface area contributed by atoms with Gasteiger partial charge in [-0.25, -0.2) is 9.37 Å². The molecule has 0 aliphatic rings. The summed E-state index contributed by atoms with van der Waals surface area (Å²) in [5.74, 6) is -0.433. The van der Waals surface area contributed by atoms with Crippen LogP contribution in [0, 0.1) is 5.82 Å². The molecule has 5 heteroatoms. The predicted molar refractivity (Wildman–Crippen MR) is 60.6 cm³/mol. The molecule has 0 saturated carbocycles. The number of aromatic nitrogens is 2. The number of H-pyrrole nitrogens is 1. The number of rotatable bonds is 3. The molecule has 1 atom stereocenters. The first-order chi connectivity index (χ1) is 7.66. The molecule has 0 aliphatic heterocycles. The van der Waals surface area contributed by atoms with Crippen molar-refractivity contribution >= 4 is 11.6 Å². The summed E-state index contributed by atoms with van der Waals surface area (Å²) in [4.78, 5) is 6.93. The van der Waals surface area contributed by atoms with Crippen molar-refractivity contribution in [1.82, 2.24) is 9.97 Å². The largest absolute Gasteiger partial charge is 0.351 e. The molecular weight excluding hydrogens is 229 g/mol. The SMILES string of the molecule is NC(Cc1c[nH]cn1)c1ccc(F)c(Cl)c1. The highest BCUT2D eigenvalue weighted by molar-refractivity contribution is 6.30. The van der Waals surface area contributed by atoms with Gasteiger partial charge in [-0.2, -0.15) is 0 Å². The number of hydrogen-bond acceptors (Lipinski definition) is 2. The van der Waals surface area contributed by atoms with Crippen LogP contribution in [-0.4, -0.2) is 9.97 Å². The molecule has 0 radical (unpaired) electrons. The molecule has 1 aromatic heterocycles. The Morgan fingerprint density at radius 1 is 1.50 bits per heavy atom. The lowest BCUT2D eigenvalue weighted by atomic mass is 10.0. The standard InChI is InChI=1S/C11H11ClFN3/c12-9-3-7(1-2-10(9)13)11(14)4-8-5-15-6-16-8/h1-3,5-6,11H,4,14H2,(H,15,16). The van der Waals surface area contributed by atoms with E-state index in [1.54, 1.807) is 24.7 Å². The second-order valence-corrected chi connectivity index (χ2v) is 3.95. The quantitative estimate of drug-likeness (QED) is 0.865. The van der Waals surface area contributed by atoms with Gasteiger partial charge in [0, 0.05) is 18.7 Å². The van der Waals surface area contributed by atoms with Crippen molar-refractivity contribution in [3.8, 4) is 0 Å². The molecule has 3 N–H and O–H groups in total. The first-order valence-electron chi connectivity index (χ1n) is 4.85. The fraction of sp³-hybridized carbons (Fsp3) is 0.182. The summed E-state index contributed by atoms with van der Waals surface area (Å²) >= 11 is 5.69. The molecule has 1 unspecified atom stereocenters. The molecule has 3 nitrogen and oxygen atoms in total. The maximum absolute atomic E-state index is 12.9. The Labute approximate surface area is 97.5 Å². The third kappa shape index (κ3) is 2.40. The molecule has 0 saturated heterocycles. The van der Waals surface area contributed by atoms with Crippen molar-refractivity contribution < 1.29 is 4.39 Å². The summed E-state index contributed by atoms with van der Waals surface area (Å²) < 4.78 is 12.9. The predicted octanol–water partition coefficient (Wildman–Crippen LogP) is 2.44. The average Bonchev–Trinajstić information content (AvgIpc) is 2.74. The summed E-state index contributed by atoms with van der Waals surface area (Å²) in [6.45, 7) is 0. The minimum absolute atomic E-state index is 0.0926. The van der Waals surface area contributed by atoms with Crippen LogP contribution in [0.1, 0.15) is 17.3 Å². The van der Waals surface area contributed by atoms with Gasteiger partial charge in [-0.3, -0.25) is 0 Å². The van der Waals surface area contributed by atoms with Crippen LogP contribution < -0.4 is 5.73 Å². The van der Waals surface area contributed by atoms with Crippen LogP contribution in [0.3, 0.4) is 0 Å². The molecular formula is C11H11ClFN3. The van der Waals surface area contributed by atoms with Crippen molar-refractivity contribution in [3.63, 3.8) is 0 Å². The van der Waals surface area contributed by atoms with Crippen molar-refractivity contribution in [1.29, 1.82) is 0 Å². The highest BCUT2D eigenvalue weighted by Gasteiger charge is 2.10. The van der Waals surface area contributed by atoms with E-state index in [1.807, 2.05) is 0 Å². The summed E-state index contributed by atoms with van der Waals surface area (Å²) in [5, 5.41) is 0.0926.